The summed E-state index contributed by atoms with van der Waals surface area (Å²) in [6.45, 7) is 2.70. The zero-order chi connectivity index (χ0) is 12.4. The van der Waals surface area contributed by atoms with Gasteiger partial charge in [0.15, 0.2) is 0 Å². The Morgan fingerprint density at radius 3 is 3.18 bits per heavy atom. The van der Waals surface area contributed by atoms with Crippen molar-refractivity contribution >= 4 is 47.3 Å². The topological polar surface area (TPSA) is 50.7 Å². The number of ether oxygens (including phenoxy) is 1. The highest BCUT2D eigenvalue weighted by Gasteiger charge is 2.31. The molecule has 1 aliphatic heterocycles. The molecule has 0 unspecified atom stereocenters. The van der Waals surface area contributed by atoms with Crippen LogP contribution in [0.4, 0.5) is 5.69 Å². The maximum absolute atomic E-state index is 9.63. The van der Waals surface area contributed by atoms with Crippen molar-refractivity contribution in [2.45, 2.75) is 13.5 Å². The lowest BCUT2D eigenvalue weighted by molar-refractivity contribution is 0.275. The number of anilines is 1. The van der Waals surface area contributed by atoms with E-state index in [4.69, 9.17) is 33.2 Å². The van der Waals surface area contributed by atoms with Crippen molar-refractivity contribution < 1.29 is 14.4 Å². The van der Waals surface area contributed by atoms with Gasteiger partial charge in [-0.15, -0.1) is 0 Å². The predicted octanol–water partition coefficient (Wildman–Crippen LogP) is 1.29. The number of halogens is 1. The molecule has 0 spiro atoms. The molecule has 1 aromatic rings. The molecule has 0 bridgehead atoms. The third kappa shape index (κ3) is 2.55. The summed E-state index contributed by atoms with van der Waals surface area (Å²) in [7, 11) is -0.972. The molecule has 7 heteroatoms. The Kier molecular flexibility index (Phi) is 3.88. The fraction of sp³-hybridized carbons (Fsp3) is 0.300. The summed E-state index contributed by atoms with van der Waals surface area (Å²) in [6, 6.07) is 3.63. The summed E-state index contributed by atoms with van der Waals surface area (Å²) >= 11 is 11.1. The fourth-order valence-corrected chi connectivity index (χ4v) is 2.20. The van der Waals surface area contributed by atoms with Crippen LogP contribution in [0.25, 0.3) is 0 Å². The molecule has 2 rings (SSSR count). The van der Waals surface area contributed by atoms with Crippen LogP contribution < -0.4 is 10.8 Å². The quantitative estimate of drug-likeness (QED) is 0.627. The van der Waals surface area contributed by atoms with E-state index in [1.54, 1.807) is 6.07 Å². The Bertz CT molecular complexity index is 457. The van der Waals surface area contributed by atoms with Crippen molar-refractivity contribution in [3.8, 4) is 0 Å². The first-order valence-electron chi connectivity index (χ1n) is 5.18. The summed E-state index contributed by atoms with van der Waals surface area (Å²) in [5, 5.41) is 13.2. The first-order chi connectivity index (χ1) is 8.13. The second-order valence-corrected chi connectivity index (χ2v) is 4.26. The third-order valence-corrected chi connectivity index (χ3v) is 3.05. The Labute approximate surface area is 110 Å². The highest BCUT2D eigenvalue weighted by molar-refractivity contribution is 7.80. The summed E-state index contributed by atoms with van der Waals surface area (Å²) in [5.74, 6) is 0. The maximum atomic E-state index is 9.63. The van der Waals surface area contributed by atoms with Crippen LogP contribution in [0.2, 0.25) is 5.02 Å². The average Bonchev–Trinajstić information content (AvgIpc) is 2.65. The van der Waals surface area contributed by atoms with Crippen molar-refractivity contribution in [2.24, 2.45) is 0 Å². The first kappa shape index (κ1) is 12.6. The van der Waals surface area contributed by atoms with Crippen LogP contribution in [-0.2, 0) is 16.0 Å². The van der Waals surface area contributed by atoms with Crippen LogP contribution in [0.1, 0.15) is 12.5 Å². The molecular weight excluding hydrogens is 260 g/mol. The zero-order valence-corrected chi connectivity index (χ0v) is 10.8. The third-order valence-electron chi connectivity index (χ3n) is 2.43. The molecule has 0 radical (unpaired) electrons. The van der Waals surface area contributed by atoms with Gasteiger partial charge in [0.2, 0.25) is 0 Å². The number of rotatable bonds is 2. The smallest absolute Gasteiger partial charge is 0.471 e. The first-order valence-corrected chi connectivity index (χ1v) is 5.96. The van der Waals surface area contributed by atoms with Gasteiger partial charge in [0.25, 0.3) is 5.17 Å². The lowest BCUT2D eigenvalue weighted by atomic mass is 9.79. The van der Waals surface area contributed by atoms with E-state index in [2.05, 4.69) is 5.32 Å². The molecule has 0 amide bonds. The molecule has 1 aromatic carbocycles. The molecule has 90 valence electrons. The number of hydrogen-bond donors (Lipinski definition) is 2. The van der Waals surface area contributed by atoms with E-state index in [0.29, 0.717) is 29.4 Å². The van der Waals surface area contributed by atoms with Gasteiger partial charge < -0.3 is 19.7 Å². The molecule has 0 fully saturated rings. The summed E-state index contributed by atoms with van der Waals surface area (Å²) in [6.07, 6.45) is 0. The standard InChI is InChI=1S/C10H11BClNO3S/c1-2-15-10(17)13-7-4-3-6-5-16-11(14)8(6)9(7)12/h3-4,14H,2,5H2,1H3,(H,13,17). The van der Waals surface area contributed by atoms with E-state index in [0.717, 1.165) is 5.56 Å². The summed E-state index contributed by atoms with van der Waals surface area (Å²) < 4.78 is 10.2. The van der Waals surface area contributed by atoms with Gasteiger partial charge in [-0.3, -0.25) is 0 Å². The van der Waals surface area contributed by atoms with Crippen LogP contribution in [0.3, 0.4) is 0 Å². The number of benzene rings is 1. The predicted molar refractivity (Wildman–Crippen MR) is 71.7 cm³/mol. The molecule has 17 heavy (non-hydrogen) atoms. The van der Waals surface area contributed by atoms with Crippen molar-refractivity contribution in [1.82, 2.24) is 0 Å². The van der Waals surface area contributed by atoms with Gasteiger partial charge in [0, 0.05) is 5.46 Å². The average molecular weight is 272 g/mol. The maximum Gasteiger partial charge on any atom is 0.493 e. The van der Waals surface area contributed by atoms with Crippen LogP contribution in [0, 0.1) is 0 Å². The SMILES string of the molecule is CCOC(=S)Nc1ccc2c(c1Cl)B(O)OC2. The number of fused-ring (bicyclic) bond motifs is 1. The highest BCUT2D eigenvalue weighted by Crippen LogP contribution is 2.25. The number of thiocarbonyl (C=S) groups is 1. The molecule has 4 nitrogen and oxygen atoms in total. The molecular formula is C10H11BClNO3S. The van der Waals surface area contributed by atoms with E-state index < -0.39 is 7.12 Å². The number of nitrogens with one attached hydrogen (secondary N) is 1. The van der Waals surface area contributed by atoms with Gasteiger partial charge in [-0.05, 0) is 30.8 Å². The monoisotopic (exact) mass is 271 g/mol. The van der Waals surface area contributed by atoms with Crippen LogP contribution >= 0.6 is 23.8 Å². The Morgan fingerprint density at radius 1 is 1.71 bits per heavy atom. The molecule has 2 N–H and O–H groups in total. The van der Waals surface area contributed by atoms with Crippen LogP contribution in [0.5, 0.6) is 0 Å². The molecule has 0 aromatic heterocycles. The minimum atomic E-state index is -0.972. The van der Waals surface area contributed by atoms with Crippen LogP contribution in [-0.4, -0.2) is 23.9 Å². The largest absolute Gasteiger partial charge is 0.493 e. The van der Waals surface area contributed by atoms with E-state index in [1.807, 2.05) is 13.0 Å². The fourth-order valence-electron chi connectivity index (χ4n) is 1.65. The van der Waals surface area contributed by atoms with Crippen molar-refractivity contribution in [3.63, 3.8) is 0 Å². The lowest BCUT2D eigenvalue weighted by Crippen LogP contribution is -2.30. The Morgan fingerprint density at radius 2 is 2.47 bits per heavy atom. The number of hydrogen-bond acceptors (Lipinski definition) is 4. The van der Waals surface area contributed by atoms with Crippen molar-refractivity contribution in [1.29, 1.82) is 0 Å². The molecule has 0 saturated heterocycles. The highest BCUT2D eigenvalue weighted by atomic mass is 35.5. The van der Waals surface area contributed by atoms with Crippen molar-refractivity contribution in [2.75, 3.05) is 11.9 Å². The van der Waals surface area contributed by atoms with E-state index in [9.17, 15) is 5.02 Å². The molecule has 0 aliphatic carbocycles. The Balaban J connectivity index is 2.25. The molecule has 0 saturated carbocycles. The molecule has 1 heterocycles. The van der Waals surface area contributed by atoms with Gasteiger partial charge in [0.05, 0.1) is 23.9 Å². The normalized spacial score (nSPS) is 13.5. The summed E-state index contributed by atoms with van der Waals surface area (Å²) in [5.41, 5.74) is 2.08. The van der Waals surface area contributed by atoms with E-state index >= 15 is 0 Å². The summed E-state index contributed by atoms with van der Waals surface area (Å²) in [4.78, 5) is 0. The Hall–Kier alpha value is -0.815. The van der Waals surface area contributed by atoms with Gasteiger partial charge >= 0.3 is 7.12 Å². The van der Waals surface area contributed by atoms with Gasteiger partial charge in [-0.1, -0.05) is 17.7 Å². The van der Waals surface area contributed by atoms with Gasteiger partial charge in [-0.2, -0.15) is 0 Å². The van der Waals surface area contributed by atoms with Gasteiger partial charge in [0.1, 0.15) is 0 Å². The minimum absolute atomic E-state index is 0.253. The minimum Gasteiger partial charge on any atom is -0.471 e. The lowest BCUT2D eigenvalue weighted by Gasteiger charge is -2.12. The zero-order valence-electron chi connectivity index (χ0n) is 9.20. The van der Waals surface area contributed by atoms with Gasteiger partial charge in [-0.25, -0.2) is 0 Å². The molecule has 0 atom stereocenters. The van der Waals surface area contributed by atoms with E-state index in [-0.39, 0.29) is 5.17 Å². The second kappa shape index (κ2) is 5.22. The second-order valence-electron chi connectivity index (χ2n) is 3.51. The van der Waals surface area contributed by atoms with Crippen molar-refractivity contribution in [3.05, 3.63) is 22.7 Å². The van der Waals surface area contributed by atoms with E-state index in [1.165, 1.54) is 0 Å². The van der Waals surface area contributed by atoms with Crippen LogP contribution in [0.15, 0.2) is 12.1 Å². The molecule has 1 aliphatic rings.